The lowest BCUT2D eigenvalue weighted by atomic mass is 10.1. The maximum atomic E-state index is 11.4. The Balaban J connectivity index is 2.71. The summed E-state index contributed by atoms with van der Waals surface area (Å²) in [7, 11) is 0. The number of carboxylic acids is 1. The van der Waals surface area contributed by atoms with Crippen LogP contribution in [-0.4, -0.2) is 39.3 Å². The first-order valence-electron chi connectivity index (χ1n) is 5.86. The third kappa shape index (κ3) is 4.63. The van der Waals surface area contributed by atoms with E-state index in [9.17, 15) is 9.59 Å². The quantitative estimate of drug-likeness (QED) is 0.790. The van der Waals surface area contributed by atoms with E-state index in [0.29, 0.717) is 13.1 Å². The maximum absolute atomic E-state index is 11.4. The van der Waals surface area contributed by atoms with Gasteiger partial charge in [0.1, 0.15) is 5.78 Å². The molecule has 1 aromatic heterocycles. The fourth-order valence-electron chi connectivity index (χ4n) is 1.63. The first-order chi connectivity index (χ1) is 8.50. The fourth-order valence-corrected chi connectivity index (χ4v) is 1.63. The molecule has 0 fully saturated rings. The summed E-state index contributed by atoms with van der Waals surface area (Å²) in [4.78, 5) is 27.9. The highest BCUT2D eigenvalue weighted by atomic mass is 16.4. The van der Waals surface area contributed by atoms with E-state index in [1.807, 2.05) is 17.0 Å². The number of Topliss-reactive ketones (excluding diaryl/α,β-unsaturated/α-hetero) is 1. The zero-order valence-corrected chi connectivity index (χ0v) is 10.7. The average Bonchev–Trinajstić information content (AvgIpc) is 2.34. The van der Waals surface area contributed by atoms with Crippen molar-refractivity contribution in [1.29, 1.82) is 0 Å². The molecule has 1 unspecified atom stereocenters. The van der Waals surface area contributed by atoms with Crippen LogP contribution in [0.3, 0.4) is 0 Å². The summed E-state index contributed by atoms with van der Waals surface area (Å²) in [6.45, 7) is 4.19. The molecule has 0 aliphatic carbocycles. The highest BCUT2D eigenvalue weighted by Gasteiger charge is 2.18. The number of hydrogen-bond donors (Lipinski definition) is 1. The molecule has 0 aliphatic rings. The normalized spacial score (nSPS) is 12.4. The Hall–Kier alpha value is -1.75. The number of carbonyl (C=O) groups excluding carboxylic acids is 1. The molecule has 0 aromatic carbocycles. The SMILES string of the molecule is CC(=O)C(C)N(CCC(=O)O)Cc1cccnc1. The summed E-state index contributed by atoms with van der Waals surface area (Å²) in [6, 6.07) is 3.45. The number of carboxylic acid groups (broad SMARTS) is 1. The van der Waals surface area contributed by atoms with Crippen LogP contribution < -0.4 is 0 Å². The minimum atomic E-state index is -0.859. The monoisotopic (exact) mass is 250 g/mol. The lowest BCUT2D eigenvalue weighted by molar-refractivity contribution is -0.138. The lowest BCUT2D eigenvalue weighted by Crippen LogP contribution is -2.38. The minimum absolute atomic E-state index is 0.0257. The van der Waals surface area contributed by atoms with Crippen molar-refractivity contribution in [2.45, 2.75) is 32.9 Å². The topological polar surface area (TPSA) is 70.5 Å². The van der Waals surface area contributed by atoms with E-state index < -0.39 is 5.97 Å². The zero-order valence-electron chi connectivity index (χ0n) is 10.7. The predicted molar refractivity (Wildman–Crippen MR) is 67.0 cm³/mol. The molecule has 1 atom stereocenters. The first-order valence-corrected chi connectivity index (χ1v) is 5.86. The molecule has 0 saturated carbocycles. The van der Waals surface area contributed by atoms with E-state index in [1.165, 1.54) is 6.92 Å². The Kier molecular flexibility index (Phi) is 5.45. The van der Waals surface area contributed by atoms with Crippen molar-refractivity contribution in [3.05, 3.63) is 30.1 Å². The second kappa shape index (κ2) is 6.86. The minimum Gasteiger partial charge on any atom is -0.481 e. The third-order valence-electron chi connectivity index (χ3n) is 2.86. The molecule has 98 valence electrons. The van der Waals surface area contributed by atoms with Crippen molar-refractivity contribution >= 4 is 11.8 Å². The Bertz CT molecular complexity index is 406. The van der Waals surface area contributed by atoms with Gasteiger partial charge in [-0.3, -0.25) is 19.5 Å². The van der Waals surface area contributed by atoms with E-state index in [2.05, 4.69) is 4.98 Å². The van der Waals surface area contributed by atoms with Crippen molar-refractivity contribution in [3.63, 3.8) is 0 Å². The van der Waals surface area contributed by atoms with Crippen molar-refractivity contribution in [2.75, 3.05) is 6.54 Å². The van der Waals surface area contributed by atoms with Crippen LogP contribution in [0.1, 0.15) is 25.8 Å². The molecule has 0 radical (unpaired) electrons. The molecule has 1 heterocycles. The highest BCUT2D eigenvalue weighted by molar-refractivity contribution is 5.81. The number of aromatic nitrogens is 1. The number of rotatable bonds is 7. The van der Waals surface area contributed by atoms with Gasteiger partial charge in [0.2, 0.25) is 0 Å². The van der Waals surface area contributed by atoms with Gasteiger partial charge in [0.25, 0.3) is 0 Å². The Morgan fingerprint density at radius 3 is 2.72 bits per heavy atom. The van der Waals surface area contributed by atoms with E-state index in [-0.39, 0.29) is 18.2 Å². The molecular formula is C13H18N2O3. The molecule has 1 aromatic rings. The van der Waals surface area contributed by atoms with Crippen LogP contribution >= 0.6 is 0 Å². The van der Waals surface area contributed by atoms with E-state index in [0.717, 1.165) is 5.56 Å². The van der Waals surface area contributed by atoms with Gasteiger partial charge in [-0.2, -0.15) is 0 Å². The predicted octanol–water partition coefficient (Wildman–Crippen LogP) is 1.34. The number of carbonyl (C=O) groups is 2. The van der Waals surface area contributed by atoms with Crippen molar-refractivity contribution in [2.24, 2.45) is 0 Å². The van der Waals surface area contributed by atoms with Crippen LogP contribution in [0.4, 0.5) is 0 Å². The van der Waals surface area contributed by atoms with Crippen LogP contribution in [0.25, 0.3) is 0 Å². The standard InChI is InChI=1S/C13H18N2O3/c1-10(11(2)16)15(7-5-13(17)18)9-12-4-3-6-14-8-12/h3-4,6,8,10H,5,7,9H2,1-2H3,(H,17,18). The second-order valence-corrected chi connectivity index (χ2v) is 4.26. The van der Waals surface area contributed by atoms with Gasteiger partial charge >= 0.3 is 5.97 Å². The Morgan fingerprint density at radius 1 is 1.50 bits per heavy atom. The molecule has 0 saturated heterocycles. The molecule has 5 heteroatoms. The van der Waals surface area contributed by atoms with Crippen molar-refractivity contribution in [3.8, 4) is 0 Å². The van der Waals surface area contributed by atoms with Gasteiger partial charge in [0.15, 0.2) is 0 Å². The van der Waals surface area contributed by atoms with Gasteiger partial charge in [0.05, 0.1) is 12.5 Å². The van der Waals surface area contributed by atoms with Gasteiger partial charge in [-0.1, -0.05) is 6.07 Å². The number of nitrogens with zero attached hydrogens (tertiary/aromatic N) is 2. The van der Waals surface area contributed by atoms with Crippen LogP contribution in [-0.2, 0) is 16.1 Å². The summed E-state index contributed by atoms with van der Waals surface area (Å²) in [5.74, 6) is -0.828. The van der Waals surface area contributed by atoms with Crippen LogP contribution in [0.2, 0.25) is 0 Å². The van der Waals surface area contributed by atoms with Crippen LogP contribution in [0, 0.1) is 0 Å². The fraction of sp³-hybridized carbons (Fsp3) is 0.462. The van der Waals surface area contributed by atoms with Crippen molar-refractivity contribution < 1.29 is 14.7 Å². The Morgan fingerprint density at radius 2 is 2.22 bits per heavy atom. The largest absolute Gasteiger partial charge is 0.481 e. The second-order valence-electron chi connectivity index (χ2n) is 4.26. The van der Waals surface area contributed by atoms with Gasteiger partial charge in [-0.05, 0) is 25.5 Å². The van der Waals surface area contributed by atoms with Crippen LogP contribution in [0.15, 0.2) is 24.5 Å². The Labute approximate surface area is 106 Å². The summed E-state index contributed by atoms with van der Waals surface area (Å²) >= 11 is 0. The summed E-state index contributed by atoms with van der Waals surface area (Å²) in [6.07, 6.45) is 3.43. The maximum Gasteiger partial charge on any atom is 0.304 e. The smallest absolute Gasteiger partial charge is 0.304 e. The molecule has 0 spiro atoms. The van der Waals surface area contributed by atoms with Gasteiger partial charge in [-0.25, -0.2) is 0 Å². The molecule has 5 nitrogen and oxygen atoms in total. The number of ketones is 1. The summed E-state index contributed by atoms with van der Waals surface area (Å²) < 4.78 is 0. The van der Waals surface area contributed by atoms with Crippen LogP contribution in [0.5, 0.6) is 0 Å². The number of aliphatic carboxylic acids is 1. The van der Waals surface area contributed by atoms with Crippen molar-refractivity contribution in [1.82, 2.24) is 9.88 Å². The van der Waals surface area contributed by atoms with E-state index in [4.69, 9.17) is 5.11 Å². The molecular weight excluding hydrogens is 232 g/mol. The molecule has 1 N–H and O–H groups in total. The molecule has 0 bridgehead atoms. The number of pyridine rings is 1. The average molecular weight is 250 g/mol. The zero-order chi connectivity index (χ0) is 13.5. The van der Waals surface area contributed by atoms with Gasteiger partial charge < -0.3 is 5.11 Å². The number of hydrogen-bond acceptors (Lipinski definition) is 4. The lowest BCUT2D eigenvalue weighted by Gasteiger charge is -2.26. The molecule has 1 rings (SSSR count). The highest BCUT2D eigenvalue weighted by Crippen LogP contribution is 2.09. The summed E-state index contributed by atoms with van der Waals surface area (Å²) in [5, 5.41) is 8.72. The summed E-state index contributed by atoms with van der Waals surface area (Å²) in [5.41, 5.74) is 0.969. The molecule has 18 heavy (non-hydrogen) atoms. The van der Waals surface area contributed by atoms with Gasteiger partial charge in [0, 0.05) is 25.5 Å². The first kappa shape index (κ1) is 14.3. The molecule has 0 amide bonds. The molecule has 0 aliphatic heterocycles. The third-order valence-corrected chi connectivity index (χ3v) is 2.86. The van der Waals surface area contributed by atoms with Gasteiger partial charge in [-0.15, -0.1) is 0 Å². The van der Waals surface area contributed by atoms with E-state index >= 15 is 0 Å². The van der Waals surface area contributed by atoms with E-state index in [1.54, 1.807) is 19.3 Å².